The summed E-state index contributed by atoms with van der Waals surface area (Å²) in [6.45, 7) is 8.00. The fraction of sp³-hybridized carbons (Fsp3) is 0.292. The van der Waals surface area contributed by atoms with Gasteiger partial charge in [-0.2, -0.15) is 5.10 Å². The Labute approximate surface area is 176 Å². The summed E-state index contributed by atoms with van der Waals surface area (Å²) < 4.78 is 6.46. The summed E-state index contributed by atoms with van der Waals surface area (Å²) in [4.78, 5) is 25.2. The van der Waals surface area contributed by atoms with Gasteiger partial charge >= 0.3 is 0 Å². The van der Waals surface area contributed by atoms with Gasteiger partial charge in [0.25, 0.3) is 5.56 Å². The number of nitrogens with zero attached hydrogens (tertiary/aromatic N) is 2. The van der Waals surface area contributed by atoms with E-state index in [4.69, 9.17) is 4.74 Å². The lowest BCUT2D eigenvalue weighted by molar-refractivity contribution is -0.119. The largest absolute Gasteiger partial charge is 0.497 e. The maximum atomic E-state index is 12.8. The van der Waals surface area contributed by atoms with E-state index in [1.165, 1.54) is 10.7 Å². The molecule has 1 unspecified atom stereocenters. The molecule has 0 aliphatic rings. The van der Waals surface area contributed by atoms with Gasteiger partial charge < -0.3 is 10.1 Å². The Morgan fingerprint density at radius 2 is 1.80 bits per heavy atom. The van der Waals surface area contributed by atoms with Gasteiger partial charge in [0.1, 0.15) is 11.8 Å². The van der Waals surface area contributed by atoms with Crippen LogP contribution in [0, 0.1) is 0 Å². The zero-order valence-corrected chi connectivity index (χ0v) is 18.0. The van der Waals surface area contributed by atoms with Crippen molar-refractivity contribution < 1.29 is 9.53 Å². The zero-order valence-electron chi connectivity index (χ0n) is 18.0. The van der Waals surface area contributed by atoms with Gasteiger partial charge in [-0.1, -0.05) is 45.0 Å². The van der Waals surface area contributed by atoms with Crippen LogP contribution in [0.2, 0.25) is 0 Å². The van der Waals surface area contributed by atoms with E-state index in [1.54, 1.807) is 20.1 Å². The fourth-order valence-electron chi connectivity index (χ4n) is 3.06. The highest BCUT2D eigenvalue weighted by Crippen LogP contribution is 2.25. The maximum absolute atomic E-state index is 12.8. The molecule has 30 heavy (non-hydrogen) atoms. The molecule has 0 saturated heterocycles. The molecule has 1 atom stereocenters. The predicted molar refractivity (Wildman–Crippen MR) is 119 cm³/mol. The van der Waals surface area contributed by atoms with Crippen molar-refractivity contribution in [3.8, 4) is 17.0 Å². The number of rotatable bonds is 5. The molecule has 3 rings (SSSR count). The van der Waals surface area contributed by atoms with E-state index < -0.39 is 6.04 Å². The first-order valence-electron chi connectivity index (χ1n) is 9.85. The molecule has 0 spiro atoms. The molecular weight excluding hydrogens is 378 g/mol. The van der Waals surface area contributed by atoms with Crippen LogP contribution in [0.25, 0.3) is 11.3 Å². The number of amides is 1. The van der Waals surface area contributed by atoms with Crippen LogP contribution in [0.1, 0.15) is 39.3 Å². The summed E-state index contributed by atoms with van der Waals surface area (Å²) in [7, 11) is 1.59. The van der Waals surface area contributed by atoms with E-state index in [0.29, 0.717) is 17.1 Å². The first-order chi connectivity index (χ1) is 14.2. The Morgan fingerprint density at radius 3 is 2.50 bits per heavy atom. The summed E-state index contributed by atoms with van der Waals surface area (Å²) in [6.07, 6.45) is 0. The highest BCUT2D eigenvalue weighted by atomic mass is 16.5. The van der Waals surface area contributed by atoms with Gasteiger partial charge in [0.05, 0.1) is 12.8 Å². The van der Waals surface area contributed by atoms with Crippen LogP contribution in [-0.4, -0.2) is 22.8 Å². The Morgan fingerprint density at radius 1 is 1.07 bits per heavy atom. The normalized spacial score (nSPS) is 12.3. The molecule has 1 aromatic heterocycles. The number of benzene rings is 2. The minimum absolute atomic E-state index is 0.0318. The van der Waals surface area contributed by atoms with E-state index in [9.17, 15) is 9.59 Å². The second-order valence-electron chi connectivity index (χ2n) is 8.23. The van der Waals surface area contributed by atoms with E-state index in [-0.39, 0.29) is 16.9 Å². The highest BCUT2D eigenvalue weighted by molar-refractivity contribution is 5.93. The van der Waals surface area contributed by atoms with Crippen molar-refractivity contribution in [2.75, 3.05) is 12.4 Å². The molecule has 2 aromatic carbocycles. The van der Waals surface area contributed by atoms with Crippen LogP contribution in [0.3, 0.4) is 0 Å². The number of anilines is 1. The zero-order chi connectivity index (χ0) is 21.9. The van der Waals surface area contributed by atoms with Crippen molar-refractivity contribution in [3.63, 3.8) is 0 Å². The van der Waals surface area contributed by atoms with Crippen LogP contribution >= 0.6 is 0 Å². The molecule has 0 bridgehead atoms. The van der Waals surface area contributed by atoms with Gasteiger partial charge in [-0.25, -0.2) is 4.68 Å². The summed E-state index contributed by atoms with van der Waals surface area (Å²) in [5.41, 5.74) is 2.82. The van der Waals surface area contributed by atoms with Gasteiger partial charge in [0, 0.05) is 17.3 Å². The minimum Gasteiger partial charge on any atom is -0.497 e. The maximum Gasteiger partial charge on any atom is 0.267 e. The van der Waals surface area contributed by atoms with Gasteiger partial charge in [0.15, 0.2) is 0 Å². The average Bonchev–Trinajstić information content (AvgIpc) is 2.73. The quantitative estimate of drug-likeness (QED) is 0.682. The second kappa shape index (κ2) is 8.53. The summed E-state index contributed by atoms with van der Waals surface area (Å²) >= 11 is 0. The predicted octanol–water partition coefficient (Wildman–Crippen LogP) is 4.42. The van der Waals surface area contributed by atoms with E-state index >= 15 is 0 Å². The first kappa shape index (κ1) is 21.3. The number of ether oxygens (including phenoxy) is 1. The molecule has 3 aromatic rings. The molecule has 1 N–H and O–H groups in total. The fourth-order valence-corrected chi connectivity index (χ4v) is 3.06. The third-order valence-electron chi connectivity index (χ3n) is 4.93. The average molecular weight is 405 g/mol. The van der Waals surface area contributed by atoms with Crippen molar-refractivity contribution in [1.82, 2.24) is 9.78 Å². The Hall–Kier alpha value is -3.41. The number of carbonyl (C=O) groups excluding carboxylic acids is 1. The minimum atomic E-state index is -0.777. The molecule has 0 fully saturated rings. The van der Waals surface area contributed by atoms with Crippen molar-refractivity contribution in [3.05, 3.63) is 76.6 Å². The monoisotopic (exact) mass is 405 g/mol. The van der Waals surface area contributed by atoms with E-state index in [1.807, 2.05) is 48.5 Å². The Kier molecular flexibility index (Phi) is 6.06. The molecular formula is C24H27N3O3. The topological polar surface area (TPSA) is 73.2 Å². The van der Waals surface area contributed by atoms with Gasteiger partial charge in [0.2, 0.25) is 5.91 Å². The third kappa shape index (κ3) is 4.76. The Balaban J connectivity index is 1.86. The van der Waals surface area contributed by atoms with Gasteiger partial charge in [-0.15, -0.1) is 0 Å². The highest BCUT2D eigenvalue weighted by Gasteiger charge is 2.20. The third-order valence-corrected chi connectivity index (χ3v) is 4.93. The van der Waals surface area contributed by atoms with Crippen LogP contribution < -0.4 is 15.6 Å². The number of aromatic nitrogens is 2. The van der Waals surface area contributed by atoms with Crippen molar-refractivity contribution in [2.45, 2.75) is 39.2 Å². The second-order valence-corrected chi connectivity index (χ2v) is 8.23. The lowest BCUT2D eigenvalue weighted by atomic mass is 9.87. The molecule has 1 heterocycles. The number of hydrogen-bond acceptors (Lipinski definition) is 4. The lowest BCUT2D eigenvalue weighted by Crippen LogP contribution is -2.33. The summed E-state index contributed by atoms with van der Waals surface area (Å²) in [5, 5.41) is 7.32. The molecule has 1 amide bonds. The molecule has 0 aliphatic heterocycles. The smallest absolute Gasteiger partial charge is 0.267 e. The number of methoxy groups -OCH3 is 1. The van der Waals surface area contributed by atoms with Crippen LogP contribution in [-0.2, 0) is 10.2 Å². The summed E-state index contributed by atoms with van der Waals surface area (Å²) in [6, 6.07) is 17.4. The number of nitrogens with one attached hydrogen (secondary N) is 1. The SMILES string of the molecule is COc1cccc(-c2ccc(=O)n(C(C)C(=O)Nc3cccc(C(C)(C)C)c3)n2)c1. The first-order valence-corrected chi connectivity index (χ1v) is 9.85. The van der Waals surface area contributed by atoms with Crippen LogP contribution in [0.4, 0.5) is 5.69 Å². The molecule has 0 aliphatic carbocycles. The Bertz CT molecular complexity index is 1110. The van der Waals surface area contributed by atoms with Gasteiger partial charge in [-0.3, -0.25) is 9.59 Å². The van der Waals surface area contributed by atoms with E-state index in [0.717, 1.165) is 11.1 Å². The van der Waals surface area contributed by atoms with Crippen molar-refractivity contribution in [1.29, 1.82) is 0 Å². The van der Waals surface area contributed by atoms with Gasteiger partial charge in [-0.05, 0) is 48.2 Å². The molecule has 0 radical (unpaired) electrons. The van der Waals surface area contributed by atoms with Crippen molar-refractivity contribution >= 4 is 11.6 Å². The standard InChI is InChI=1S/C24H27N3O3/c1-16(23(29)25-19-10-7-9-18(15-19)24(2,3)4)27-22(28)13-12-21(26-27)17-8-6-11-20(14-17)30-5/h6-16H,1-5H3,(H,25,29). The molecule has 6 nitrogen and oxygen atoms in total. The molecule has 6 heteroatoms. The number of carbonyl (C=O) groups is 1. The van der Waals surface area contributed by atoms with Crippen LogP contribution in [0.15, 0.2) is 65.5 Å². The molecule has 156 valence electrons. The van der Waals surface area contributed by atoms with E-state index in [2.05, 4.69) is 31.2 Å². The van der Waals surface area contributed by atoms with Crippen LogP contribution in [0.5, 0.6) is 5.75 Å². The lowest BCUT2D eigenvalue weighted by Gasteiger charge is -2.20. The number of hydrogen-bond donors (Lipinski definition) is 1. The summed E-state index contributed by atoms with van der Waals surface area (Å²) in [5.74, 6) is 0.384. The molecule has 0 saturated carbocycles. The van der Waals surface area contributed by atoms with Crippen molar-refractivity contribution in [2.24, 2.45) is 0 Å².